The molecule has 0 saturated heterocycles. The Labute approximate surface area is 114 Å². The van der Waals surface area contributed by atoms with Gasteiger partial charge in [0.15, 0.2) is 0 Å². The zero-order valence-corrected chi connectivity index (χ0v) is 12.8. The first kappa shape index (κ1) is 14.6. The Morgan fingerprint density at radius 2 is 2.29 bits per heavy atom. The van der Waals surface area contributed by atoms with Crippen molar-refractivity contribution in [3.63, 3.8) is 0 Å². The predicted molar refractivity (Wildman–Crippen MR) is 78.1 cm³/mol. The molecule has 0 aromatic carbocycles. The lowest BCUT2D eigenvalue weighted by atomic mass is 10.4. The minimum Gasteiger partial charge on any atom is -0.383 e. The summed E-state index contributed by atoms with van der Waals surface area (Å²) >= 11 is 5.14. The zero-order valence-electron chi connectivity index (χ0n) is 10.4. The molecule has 1 N–H and O–H groups in total. The topological polar surface area (TPSA) is 46.9 Å². The van der Waals surface area contributed by atoms with Gasteiger partial charge in [0.05, 0.1) is 17.9 Å². The third-order valence-corrected chi connectivity index (χ3v) is 3.74. The molecular weight excluding hydrogens is 302 g/mol. The summed E-state index contributed by atoms with van der Waals surface area (Å²) in [7, 11) is 0. The fraction of sp³-hybridized carbons (Fsp3) is 0.636. The number of nitrogens with one attached hydrogen (secondary N) is 1. The summed E-state index contributed by atoms with van der Waals surface area (Å²) in [5.41, 5.74) is 0.683. The van der Waals surface area contributed by atoms with Gasteiger partial charge in [0.25, 0.3) is 5.56 Å². The average molecular weight is 320 g/mol. The first-order valence-electron chi connectivity index (χ1n) is 5.58. The van der Waals surface area contributed by atoms with E-state index in [0.717, 1.165) is 24.4 Å². The van der Waals surface area contributed by atoms with Gasteiger partial charge in [-0.3, -0.25) is 4.79 Å². The van der Waals surface area contributed by atoms with Crippen LogP contribution in [-0.4, -0.2) is 28.3 Å². The van der Waals surface area contributed by atoms with Crippen LogP contribution in [0, 0.1) is 0 Å². The molecule has 0 unspecified atom stereocenters. The summed E-state index contributed by atoms with van der Waals surface area (Å²) in [6.07, 6.45) is 4.85. The van der Waals surface area contributed by atoms with Crippen molar-refractivity contribution in [2.75, 3.05) is 23.9 Å². The second-order valence-electron chi connectivity index (χ2n) is 3.99. The van der Waals surface area contributed by atoms with Crippen molar-refractivity contribution < 1.29 is 0 Å². The maximum Gasteiger partial charge on any atom is 0.283 e. The summed E-state index contributed by atoms with van der Waals surface area (Å²) < 4.78 is 2.03. The molecule has 0 aliphatic rings. The Morgan fingerprint density at radius 1 is 1.59 bits per heavy atom. The van der Waals surface area contributed by atoms with E-state index in [0.29, 0.717) is 4.47 Å². The van der Waals surface area contributed by atoms with Crippen LogP contribution in [0.25, 0.3) is 0 Å². The molecule has 0 bridgehead atoms. The first-order chi connectivity index (χ1) is 8.07. The highest BCUT2D eigenvalue weighted by molar-refractivity contribution is 9.10. The lowest BCUT2D eigenvalue weighted by Gasteiger charge is -2.12. The Kier molecular flexibility index (Phi) is 6.05. The second kappa shape index (κ2) is 7.06. The highest BCUT2D eigenvalue weighted by Crippen LogP contribution is 2.17. The number of nitrogens with zero attached hydrogens (tertiary/aromatic N) is 2. The molecule has 0 aliphatic heterocycles. The number of rotatable bonds is 6. The maximum absolute atomic E-state index is 11.9. The number of hydrogen-bond donors (Lipinski definition) is 1. The summed E-state index contributed by atoms with van der Waals surface area (Å²) in [5, 5.41) is 7.36. The van der Waals surface area contributed by atoms with Crippen LogP contribution in [0.1, 0.15) is 26.3 Å². The molecule has 0 radical (unpaired) electrons. The molecule has 4 nitrogen and oxygen atoms in total. The van der Waals surface area contributed by atoms with Crippen molar-refractivity contribution in [1.29, 1.82) is 0 Å². The third-order valence-electron chi connectivity index (χ3n) is 2.27. The predicted octanol–water partition coefficient (Wildman–Crippen LogP) is 2.75. The monoisotopic (exact) mass is 319 g/mol. The highest BCUT2D eigenvalue weighted by Gasteiger charge is 2.10. The zero-order chi connectivity index (χ0) is 12.8. The summed E-state index contributed by atoms with van der Waals surface area (Å²) in [5.74, 6) is 1.11. The van der Waals surface area contributed by atoms with Crippen molar-refractivity contribution in [2.24, 2.45) is 0 Å². The van der Waals surface area contributed by atoms with Gasteiger partial charge in [-0.05, 0) is 48.2 Å². The summed E-state index contributed by atoms with van der Waals surface area (Å²) in [4.78, 5) is 11.9. The molecule has 1 aromatic rings. The maximum atomic E-state index is 11.9. The van der Waals surface area contributed by atoms with Gasteiger partial charge < -0.3 is 5.32 Å². The standard InChI is InChI=1S/C11H18BrN3OS/c1-8(2)15-11(16)10(12)9(7-14-15)13-5-4-6-17-3/h7-8,13H,4-6H2,1-3H3. The van der Waals surface area contributed by atoms with Crippen molar-refractivity contribution in [1.82, 2.24) is 9.78 Å². The van der Waals surface area contributed by atoms with E-state index in [2.05, 4.69) is 32.6 Å². The molecular formula is C11H18BrN3OS. The van der Waals surface area contributed by atoms with Crippen LogP contribution < -0.4 is 10.9 Å². The lowest BCUT2D eigenvalue weighted by molar-refractivity contribution is 0.501. The van der Waals surface area contributed by atoms with Crippen LogP contribution in [0.5, 0.6) is 0 Å². The van der Waals surface area contributed by atoms with E-state index in [9.17, 15) is 4.79 Å². The minimum absolute atomic E-state index is 0.0735. The molecule has 0 spiro atoms. The Hall–Kier alpha value is -0.490. The molecule has 0 aliphatic carbocycles. The first-order valence-corrected chi connectivity index (χ1v) is 7.76. The smallest absolute Gasteiger partial charge is 0.283 e. The molecule has 0 fully saturated rings. The molecule has 0 saturated carbocycles. The van der Waals surface area contributed by atoms with Gasteiger partial charge >= 0.3 is 0 Å². The van der Waals surface area contributed by atoms with E-state index in [1.807, 2.05) is 25.6 Å². The highest BCUT2D eigenvalue weighted by atomic mass is 79.9. The Morgan fingerprint density at radius 3 is 2.88 bits per heavy atom. The van der Waals surface area contributed by atoms with E-state index in [1.54, 1.807) is 6.20 Å². The van der Waals surface area contributed by atoms with Crippen molar-refractivity contribution >= 4 is 33.4 Å². The lowest BCUT2D eigenvalue weighted by Crippen LogP contribution is -2.26. The molecule has 0 amide bonds. The summed E-state index contributed by atoms with van der Waals surface area (Å²) in [6.45, 7) is 4.73. The van der Waals surface area contributed by atoms with E-state index in [4.69, 9.17) is 0 Å². The van der Waals surface area contributed by atoms with Crippen LogP contribution in [0.15, 0.2) is 15.5 Å². The van der Waals surface area contributed by atoms with Crippen LogP contribution in [0.4, 0.5) is 5.69 Å². The van der Waals surface area contributed by atoms with Crippen LogP contribution in [-0.2, 0) is 0 Å². The molecule has 96 valence electrons. The van der Waals surface area contributed by atoms with Gasteiger partial charge in [0.2, 0.25) is 0 Å². The van der Waals surface area contributed by atoms with Gasteiger partial charge in [-0.2, -0.15) is 16.9 Å². The summed E-state index contributed by atoms with van der Waals surface area (Å²) in [6, 6.07) is 0.0735. The van der Waals surface area contributed by atoms with Crippen LogP contribution >= 0.6 is 27.7 Å². The molecule has 0 atom stereocenters. The fourth-order valence-electron chi connectivity index (χ4n) is 1.38. The normalized spacial score (nSPS) is 10.9. The molecule has 6 heteroatoms. The van der Waals surface area contributed by atoms with Crippen LogP contribution in [0.2, 0.25) is 0 Å². The van der Waals surface area contributed by atoms with Gasteiger partial charge in [-0.1, -0.05) is 0 Å². The van der Waals surface area contributed by atoms with E-state index in [-0.39, 0.29) is 11.6 Å². The number of halogens is 1. The number of hydrogen-bond acceptors (Lipinski definition) is 4. The van der Waals surface area contributed by atoms with Crippen LogP contribution in [0.3, 0.4) is 0 Å². The quantitative estimate of drug-likeness (QED) is 0.819. The van der Waals surface area contributed by atoms with Gasteiger partial charge in [-0.15, -0.1) is 0 Å². The molecule has 1 rings (SSSR count). The molecule has 17 heavy (non-hydrogen) atoms. The Balaban J connectivity index is 2.75. The number of thioether (sulfide) groups is 1. The van der Waals surface area contributed by atoms with Gasteiger partial charge in [0, 0.05) is 6.54 Å². The largest absolute Gasteiger partial charge is 0.383 e. The average Bonchev–Trinajstić information content (AvgIpc) is 2.29. The number of anilines is 1. The minimum atomic E-state index is -0.0881. The Bertz CT molecular complexity index is 420. The SMILES string of the molecule is CSCCCNc1cnn(C(C)C)c(=O)c1Br. The van der Waals surface area contributed by atoms with E-state index >= 15 is 0 Å². The third kappa shape index (κ3) is 4.03. The van der Waals surface area contributed by atoms with E-state index in [1.165, 1.54) is 4.68 Å². The molecule has 1 aromatic heterocycles. The van der Waals surface area contributed by atoms with Crippen molar-refractivity contribution in [3.05, 3.63) is 21.0 Å². The second-order valence-corrected chi connectivity index (χ2v) is 5.77. The van der Waals surface area contributed by atoms with Gasteiger partial charge in [0.1, 0.15) is 4.47 Å². The van der Waals surface area contributed by atoms with Crippen molar-refractivity contribution in [3.8, 4) is 0 Å². The van der Waals surface area contributed by atoms with E-state index < -0.39 is 0 Å². The molecule has 1 heterocycles. The number of aromatic nitrogens is 2. The fourth-order valence-corrected chi connectivity index (χ4v) is 2.23. The van der Waals surface area contributed by atoms with Gasteiger partial charge in [-0.25, -0.2) is 4.68 Å². The van der Waals surface area contributed by atoms with Crippen molar-refractivity contribution in [2.45, 2.75) is 26.3 Å².